The smallest absolute Gasteiger partial charge is 0.378 e. The number of ether oxygens (including phenoxy) is 1. The minimum atomic E-state index is -4.80. The van der Waals surface area contributed by atoms with Crippen LogP contribution in [-0.2, 0) is 30.6 Å². The molecule has 0 fully saturated rings. The average molecular weight is 497 g/mol. The van der Waals surface area contributed by atoms with Crippen LogP contribution in [0.3, 0.4) is 0 Å². The van der Waals surface area contributed by atoms with Gasteiger partial charge in [0.2, 0.25) is 5.95 Å². The lowest BCUT2D eigenvalue weighted by Gasteiger charge is -2.27. The second-order valence-electron chi connectivity index (χ2n) is 7.74. The summed E-state index contributed by atoms with van der Waals surface area (Å²) in [6.07, 6.45) is 1.70. The number of nitrogens with zero attached hydrogens (tertiary/aromatic N) is 6. The van der Waals surface area contributed by atoms with Crippen LogP contribution in [0.1, 0.15) is 23.9 Å². The van der Waals surface area contributed by atoms with Crippen molar-refractivity contribution in [2.45, 2.75) is 43.7 Å². The maximum atomic E-state index is 13.2. The van der Waals surface area contributed by atoms with Gasteiger partial charge in [-0.1, -0.05) is 0 Å². The summed E-state index contributed by atoms with van der Waals surface area (Å²) in [6, 6.07) is 1.43. The molecule has 14 heteroatoms. The van der Waals surface area contributed by atoms with Crippen LogP contribution in [-0.4, -0.2) is 55.4 Å². The Balaban J connectivity index is 1.32. The summed E-state index contributed by atoms with van der Waals surface area (Å²) in [5.74, 6) is 0.662. The van der Waals surface area contributed by atoms with Crippen molar-refractivity contribution in [3.63, 3.8) is 0 Å². The van der Waals surface area contributed by atoms with Gasteiger partial charge in [-0.05, 0) is 19.2 Å². The molecule has 4 rings (SSSR count). The normalized spacial score (nSPS) is 14.7. The summed E-state index contributed by atoms with van der Waals surface area (Å²) in [5, 5.41) is 12.4. The highest BCUT2D eigenvalue weighted by molar-refractivity contribution is 7.98. The van der Waals surface area contributed by atoms with E-state index in [0.717, 1.165) is 29.0 Å². The van der Waals surface area contributed by atoms with Crippen molar-refractivity contribution >= 4 is 23.4 Å². The first-order chi connectivity index (χ1) is 16.2. The molecule has 0 radical (unpaired) electrons. The molecular weight excluding hydrogens is 473 g/mol. The van der Waals surface area contributed by atoms with Crippen LogP contribution in [0.5, 0.6) is 0 Å². The number of alkyl halides is 3. The number of hydrogen-bond donors (Lipinski definition) is 2. The van der Waals surface area contributed by atoms with Crippen molar-refractivity contribution in [1.29, 1.82) is 0 Å². The Morgan fingerprint density at radius 2 is 2.03 bits per heavy atom. The first kappa shape index (κ1) is 24.0. The van der Waals surface area contributed by atoms with Gasteiger partial charge in [-0.15, -0.1) is 11.8 Å². The Labute approximate surface area is 196 Å². The van der Waals surface area contributed by atoms with Crippen molar-refractivity contribution in [2.24, 2.45) is 0 Å². The molecule has 4 heterocycles. The maximum absolute atomic E-state index is 13.2. The molecule has 2 N–H and O–H groups in total. The number of aromatic nitrogens is 6. The second-order valence-corrected chi connectivity index (χ2v) is 8.62. The van der Waals surface area contributed by atoms with Gasteiger partial charge in [0.1, 0.15) is 5.56 Å². The summed E-state index contributed by atoms with van der Waals surface area (Å²) in [6.45, 7) is 3.97. The molecule has 0 unspecified atom stereocenters. The van der Waals surface area contributed by atoms with Crippen LogP contribution in [0, 0.1) is 0 Å². The summed E-state index contributed by atoms with van der Waals surface area (Å²) >= 11 is 1.58. The molecular formula is C20H23F3N8O2S. The Bertz CT molecular complexity index is 1180. The number of anilines is 2. The third-order valence-corrected chi connectivity index (χ3v) is 5.82. The van der Waals surface area contributed by atoms with Gasteiger partial charge in [-0.25, -0.2) is 15.1 Å². The van der Waals surface area contributed by atoms with E-state index >= 15 is 0 Å². The number of aromatic amines is 1. The van der Waals surface area contributed by atoms with Crippen LogP contribution in [0.4, 0.5) is 24.8 Å². The fourth-order valence-electron chi connectivity index (χ4n) is 3.58. The summed E-state index contributed by atoms with van der Waals surface area (Å²) < 4.78 is 47.1. The van der Waals surface area contributed by atoms with Crippen molar-refractivity contribution in [2.75, 3.05) is 29.6 Å². The Morgan fingerprint density at radius 1 is 1.26 bits per heavy atom. The van der Waals surface area contributed by atoms with E-state index < -0.39 is 29.0 Å². The van der Waals surface area contributed by atoms with E-state index in [9.17, 15) is 18.0 Å². The van der Waals surface area contributed by atoms with Gasteiger partial charge >= 0.3 is 6.18 Å². The Morgan fingerprint density at radius 3 is 2.74 bits per heavy atom. The lowest BCUT2D eigenvalue weighted by molar-refractivity contribution is -0.138. The average Bonchev–Trinajstić information content (AvgIpc) is 3.20. The van der Waals surface area contributed by atoms with Gasteiger partial charge < -0.3 is 15.0 Å². The second kappa shape index (κ2) is 10.0. The van der Waals surface area contributed by atoms with E-state index in [0.29, 0.717) is 19.0 Å². The van der Waals surface area contributed by atoms with Gasteiger partial charge in [0.25, 0.3) is 5.56 Å². The molecule has 10 nitrogen and oxygen atoms in total. The van der Waals surface area contributed by atoms with Crippen molar-refractivity contribution in [3.8, 4) is 0 Å². The quantitative estimate of drug-likeness (QED) is 0.454. The van der Waals surface area contributed by atoms with E-state index in [1.165, 1.54) is 0 Å². The van der Waals surface area contributed by atoms with Crippen LogP contribution in [0.15, 0.2) is 34.3 Å². The molecule has 0 bridgehead atoms. The van der Waals surface area contributed by atoms with E-state index in [4.69, 9.17) is 4.74 Å². The van der Waals surface area contributed by atoms with Gasteiger partial charge in [0.05, 0.1) is 49.6 Å². The summed E-state index contributed by atoms with van der Waals surface area (Å²) in [5.41, 5.74) is -1.28. The lowest BCUT2D eigenvalue weighted by Crippen LogP contribution is -2.34. The molecule has 182 valence electrons. The van der Waals surface area contributed by atoms with Gasteiger partial charge in [-0.2, -0.15) is 23.4 Å². The fraction of sp³-hybridized carbons (Fsp3) is 0.450. The van der Waals surface area contributed by atoms with Crippen molar-refractivity contribution < 1.29 is 17.9 Å². The number of thioether (sulfide) groups is 1. The van der Waals surface area contributed by atoms with Gasteiger partial charge in [0, 0.05) is 29.9 Å². The van der Waals surface area contributed by atoms with Crippen molar-refractivity contribution in [1.82, 2.24) is 29.9 Å². The molecule has 0 saturated carbocycles. The molecule has 0 amide bonds. The zero-order chi connectivity index (χ0) is 24.3. The number of H-pyrrole nitrogens is 1. The summed E-state index contributed by atoms with van der Waals surface area (Å²) in [4.78, 5) is 23.5. The highest BCUT2D eigenvalue weighted by atomic mass is 32.2. The van der Waals surface area contributed by atoms with E-state index in [-0.39, 0.29) is 13.2 Å². The molecule has 3 aromatic heterocycles. The highest BCUT2D eigenvalue weighted by Crippen LogP contribution is 2.31. The Kier molecular flexibility index (Phi) is 7.07. The number of nitrogens with one attached hydrogen (secondary N) is 2. The molecule has 1 aliphatic heterocycles. The predicted octanol–water partition coefficient (Wildman–Crippen LogP) is 2.53. The number of rotatable bonds is 8. The van der Waals surface area contributed by atoms with Crippen LogP contribution < -0.4 is 15.8 Å². The van der Waals surface area contributed by atoms with Crippen molar-refractivity contribution in [3.05, 3.63) is 52.0 Å². The van der Waals surface area contributed by atoms with Gasteiger partial charge in [-0.3, -0.25) is 9.48 Å². The molecule has 1 atom stereocenters. The van der Waals surface area contributed by atoms with E-state index in [2.05, 4.69) is 30.4 Å². The number of hydrogen-bond acceptors (Lipinski definition) is 9. The third-order valence-electron chi connectivity index (χ3n) is 5.14. The standard InChI is InChI=1S/C20H23F3N8O2S/c1-12(27-16-8-26-28-18(32)17(16)20(21,22)23)10-33-11-13-5-14-9-30(3-4-31(14)29-13)19-24-6-15(34-2)7-25-19/h5-8,12H,3-4,9-11H2,1-2H3,(H2,27,28,32)/t12-/m0/s1. The zero-order valence-corrected chi connectivity index (χ0v) is 19.3. The zero-order valence-electron chi connectivity index (χ0n) is 18.5. The highest BCUT2D eigenvalue weighted by Gasteiger charge is 2.37. The maximum Gasteiger partial charge on any atom is 0.423 e. The molecule has 0 aliphatic carbocycles. The first-order valence-corrected chi connectivity index (χ1v) is 11.6. The van der Waals surface area contributed by atoms with Crippen LogP contribution in [0.25, 0.3) is 0 Å². The SMILES string of the molecule is CSc1cnc(N2CCn3nc(COC[C@H](C)Nc4cn[nH]c(=O)c4C(F)(F)F)cc3C2)nc1. The molecule has 0 aromatic carbocycles. The first-order valence-electron chi connectivity index (χ1n) is 10.4. The third kappa shape index (κ3) is 5.50. The number of halogens is 3. The molecule has 3 aromatic rings. The van der Waals surface area contributed by atoms with E-state index in [1.807, 2.05) is 22.1 Å². The molecule has 1 aliphatic rings. The predicted molar refractivity (Wildman–Crippen MR) is 120 cm³/mol. The van der Waals surface area contributed by atoms with Crippen LogP contribution in [0.2, 0.25) is 0 Å². The molecule has 34 heavy (non-hydrogen) atoms. The summed E-state index contributed by atoms with van der Waals surface area (Å²) in [7, 11) is 0. The van der Waals surface area contributed by atoms with Gasteiger partial charge in [0.15, 0.2) is 0 Å². The van der Waals surface area contributed by atoms with E-state index in [1.54, 1.807) is 31.1 Å². The Hall–Kier alpha value is -3.13. The topological polar surface area (TPSA) is 114 Å². The number of fused-ring (bicyclic) bond motifs is 1. The minimum Gasteiger partial charge on any atom is -0.378 e. The molecule has 0 spiro atoms. The lowest BCUT2D eigenvalue weighted by atomic mass is 10.2. The fourth-order valence-corrected chi connectivity index (χ4v) is 3.90. The molecule has 0 saturated heterocycles. The van der Waals surface area contributed by atoms with Crippen LogP contribution >= 0.6 is 11.8 Å². The monoisotopic (exact) mass is 496 g/mol. The minimum absolute atomic E-state index is 0.105. The largest absolute Gasteiger partial charge is 0.423 e.